The van der Waals surface area contributed by atoms with Gasteiger partial charge in [0.25, 0.3) is 5.56 Å². The minimum Gasteiger partial charge on any atom is -0.330 e. The molecule has 0 spiro atoms. The van der Waals surface area contributed by atoms with Gasteiger partial charge in [-0.05, 0) is 11.6 Å². The van der Waals surface area contributed by atoms with Gasteiger partial charge in [0.05, 0.1) is 6.54 Å². The van der Waals surface area contributed by atoms with Gasteiger partial charge in [-0.25, -0.2) is 9.78 Å². The van der Waals surface area contributed by atoms with Gasteiger partial charge in [0.15, 0.2) is 16.3 Å². The molecular weight excluding hydrogens is 362 g/mol. The number of nitrogens with zero attached hydrogens (tertiary/aromatic N) is 4. The summed E-state index contributed by atoms with van der Waals surface area (Å²) in [5.74, 6) is 0.653. The van der Waals surface area contributed by atoms with E-state index in [1.54, 1.807) is 17.7 Å². The van der Waals surface area contributed by atoms with E-state index in [9.17, 15) is 9.59 Å². The Balaban J connectivity index is 2.29. The molecule has 0 amide bonds. The molecule has 3 rings (SSSR count). The van der Waals surface area contributed by atoms with E-state index in [0.717, 1.165) is 10.1 Å². The highest BCUT2D eigenvalue weighted by molar-refractivity contribution is 7.99. The standard InChI is InChI=1S/C16H18ClN5O2S/c1-20-13-12(14(23)21(2)16(20)24)22(15(19-13)25-8-7-18)9-10-5-3-4-6-11(10)17/h3-6H,7-9,18H2,1-2H3. The second-order valence-corrected chi connectivity index (χ2v) is 7.06. The number of hydrogen-bond acceptors (Lipinski definition) is 5. The van der Waals surface area contributed by atoms with Gasteiger partial charge < -0.3 is 10.3 Å². The Morgan fingerprint density at radius 3 is 2.60 bits per heavy atom. The summed E-state index contributed by atoms with van der Waals surface area (Å²) in [6.45, 7) is 0.868. The zero-order valence-corrected chi connectivity index (χ0v) is 15.5. The van der Waals surface area contributed by atoms with Crippen LogP contribution in [0.15, 0.2) is 39.0 Å². The molecule has 0 aliphatic rings. The molecule has 0 aliphatic heterocycles. The summed E-state index contributed by atoms with van der Waals surface area (Å²) in [7, 11) is 3.07. The lowest BCUT2D eigenvalue weighted by Crippen LogP contribution is -2.37. The molecule has 2 N–H and O–H groups in total. The van der Waals surface area contributed by atoms with Crippen molar-refractivity contribution in [2.24, 2.45) is 19.8 Å². The number of aromatic nitrogens is 4. The normalized spacial score (nSPS) is 11.4. The smallest absolute Gasteiger partial charge is 0.330 e. The van der Waals surface area contributed by atoms with Gasteiger partial charge in [-0.3, -0.25) is 13.9 Å². The molecule has 0 atom stereocenters. The number of nitrogens with two attached hydrogens (primary N) is 1. The molecule has 2 heterocycles. The third kappa shape index (κ3) is 3.12. The largest absolute Gasteiger partial charge is 0.332 e. The number of rotatable bonds is 5. The number of halogens is 1. The Kier molecular flexibility index (Phi) is 5.03. The summed E-state index contributed by atoms with van der Waals surface area (Å²) in [5.41, 5.74) is 6.43. The van der Waals surface area contributed by atoms with Crippen molar-refractivity contribution in [1.82, 2.24) is 18.7 Å². The molecule has 0 aliphatic carbocycles. The number of thioether (sulfide) groups is 1. The highest BCUT2D eigenvalue weighted by Gasteiger charge is 2.20. The third-order valence-corrected chi connectivity index (χ3v) is 5.33. The van der Waals surface area contributed by atoms with Crippen LogP contribution in [-0.4, -0.2) is 31.0 Å². The average Bonchev–Trinajstić information content (AvgIpc) is 2.96. The molecule has 7 nitrogen and oxygen atoms in total. The topological polar surface area (TPSA) is 87.8 Å². The van der Waals surface area contributed by atoms with Gasteiger partial charge in [0, 0.05) is 31.4 Å². The summed E-state index contributed by atoms with van der Waals surface area (Å²) >= 11 is 7.72. The highest BCUT2D eigenvalue weighted by atomic mass is 35.5. The van der Waals surface area contributed by atoms with Crippen molar-refractivity contribution in [2.75, 3.05) is 12.3 Å². The van der Waals surface area contributed by atoms with E-state index in [1.165, 1.54) is 23.4 Å². The lowest BCUT2D eigenvalue weighted by Gasteiger charge is -2.10. The summed E-state index contributed by atoms with van der Waals surface area (Å²) < 4.78 is 4.27. The van der Waals surface area contributed by atoms with Gasteiger partial charge in [-0.15, -0.1) is 0 Å². The highest BCUT2D eigenvalue weighted by Crippen LogP contribution is 2.24. The Hall–Kier alpha value is -2.03. The van der Waals surface area contributed by atoms with Crippen LogP contribution in [0.25, 0.3) is 11.2 Å². The predicted molar refractivity (Wildman–Crippen MR) is 101 cm³/mol. The van der Waals surface area contributed by atoms with Gasteiger partial charge in [0.2, 0.25) is 0 Å². The number of benzene rings is 1. The number of imidazole rings is 1. The molecule has 1 aromatic carbocycles. The van der Waals surface area contributed by atoms with Crippen LogP contribution in [0.3, 0.4) is 0 Å². The molecule has 0 unspecified atom stereocenters. The zero-order chi connectivity index (χ0) is 18.1. The van der Waals surface area contributed by atoms with Crippen LogP contribution >= 0.6 is 23.4 Å². The molecule has 25 heavy (non-hydrogen) atoms. The summed E-state index contributed by atoms with van der Waals surface area (Å²) in [4.78, 5) is 29.4. The van der Waals surface area contributed by atoms with Crippen molar-refractivity contribution < 1.29 is 0 Å². The monoisotopic (exact) mass is 379 g/mol. The van der Waals surface area contributed by atoms with E-state index >= 15 is 0 Å². The quantitative estimate of drug-likeness (QED) is 0.673. The number of aryl methyl sites for hydroxylation is 1. The van der Waals surface area contributed by atoms with E-state index < -0.39 is 5.69 Å². The first kappa shape index (κ1) is 17.8. The van der Waals surface area contributed by atoms with Crippen LogP contribution in [0, 0.1) is 0 Å². The van der Waals surface area contributed by atoms with Crippen molar-refractivity contribution in [3.8, 4) is 0 Å². The Morgan fingerprint density at radius 2 is 1.92 bits per heavy atom. The Morgan fingerprint density at radius 1 is 1.20 bits per heavy atom. The van der Waals surface area contributed by atoms with Crippen molar-refractivity contribution in [1.29, 1.82) is 0 Å². The van der Waals surface area contributed by atoms with Crippen molar-refractivity contribution in [3.63, 3.8) is 0 Å². The van der Waals surface area contributed by atoms with Crippen LogP contribution in [0.5, 0.6) is 0 Å². The lowest BCUT2D eigenvalue weighted by atomic mass is 10.2. The fraction of sp³-hybridized carbons (Fsp3) is 0.312. The maximum atomic E-state index is 12.7. The van der Waals surface area contributed by atoms with Crippen molar-refractivity contribution >= 4 is 34.5 Å². The Bertz CT molecular complexity index is 1050. The summed E-state index contributed by atoms with van der Waals surface area (Å²) in [5, 5.41) is 1.25. The fourth-order valence-electron chi connectivity index (χ4n) is 2.63. The number of hydrogen-bond donors (Lipinski definition) is 1. The van der Waals surface area contributed by atoms with E-state index in [4.69, 9.17) is 17.3 Å². The molecule has 0 saturated carbocycles. The SMILES string of the molecule is Cn1c(=O)c2c(nc(SCCN)n2Cc2ccccc2Cl)n(C)c1=O. The van der Waals surface area contributed by atoms with Crippen LogP contribution in [0.1, 0.15) is 5.56 Å². The van der Waals surface area contributed by atoms with Gasteiger partial charge in [-0.2, -0.15) is 0 Å². The second kappa shape index (κ2) is 7.07. The van der Waals surface area contributed by atoms with Crippen LogP contribution in [-0.2, 0) is 20.6 Å². The maximum Gasteiger partial charge on any atom is 0.332 e. The molecule has 0 saturated heterocycles. The van der Waals surface area contributed by atoms with Crippen molar-refractivity contribution in [2.45, 2.75) is 11.7 Å². The van der Waals surface area contributed by atoms with Crippen LogP contribution in [0.4, 0.5) is 0 Å². The minimum atomic E-state index is -0.407. The molecule has 132 valence electrons. The zero-order valence-electron chi connectivity index (χ0n) is 13.9. The average molecular weight is 380 g/mol. The maximum absolute atomic E-state index is 12.7. The molecule has 0 bridgehead atoms. The molecule has 0 radical (unpaired) electrons. The van der Waals surface area contributed by atoms with E-state index in [-0.39, 0.29) is 5.56 Å². The molecule has 3 aromatic rings. The minimum absolute atomic E-state index is 0.361. The van der Waals surface area contributed by atoms with E-state index in [1.807, 2.05) is 18.2 Å². The Labute approximate surface area is 153 Å². The van der Waals surface area contributed by atoms with Crippen LogP contribution in [0.2, 0.25) is 5.02 Å². The molecule has 0 fully saturated rings. The molecular formula is C16H18ClN5O2S. The summed E-state index contributed by atoms with van der Waals surface area (Å²) in [6, 6.07) is 7.44. The van der Waals surface area contributed by atoms with Crippen LogP contribution < -0.4 is 17.0 Å². The van der Waals surface area contributed by atoms with Crippen molar-refractivity contribution in [3.05, 3.63) is 55.7 Å². The second-order valence-electron chi connectivity index (χ2n) is 5.59. The van der Waals surface area contributed by atoms with Gasteiger partial charge >= 0.3 is 5.69 Å². The van der Waals surface area contributed by atoms with Gasteiger partial charge in [0.1, 0.15) is 0 Å². The fourth-order valence-corrected chi connectivity index (χ4v) is 3.59. The third-order valence-electron chi connectivity index (χ3n) is 3.95. The predicted octanol–water partition coefficient (Wildman–Crippen LogP) is 1.19. The summed E-state index contributed by atoms with van der Waals surface area (Å²) in [6.07, 6.45) is 0. The lowest BCUT2D eigenvalue weighted by molar-refractivity contribution is 0.696. The molecule has 9 heteroatoms. The first-order chi connectivity index (χ1) is 12.0. The van der Waals surface area contributed by atoms with E-state index in [0.29, 0.717) is 40.2 Å². The number of fused-ring (bicyclic) bond motifs is 1. The van der Waals surface area contributed by atoms with E-state index in [2.05, 4.69) is 4.98 Å². The first-order valence-corrected chi connectivity index (χ1v) is 9.04. The van der Waals surface area contributed by atoms with Gasteiger partial charge in [-0.1, -0.05) is 41.6 Å². The molecule has 2 aromatic heterocycles. The first-order valence-electron chi connectivity index (χ1n) is 7.68.